The number of hydrogen-bond donors (Lipinski definition) is 0. The van der Waals surface area contributed by atoms with Gasteiger partial charge in [0.05, 0.1) is 0 Å². The molecule has 4 heteroatoms. The summed E-state index contributed by atoms with van der Waals surface area (Å²) in [5.41, 5.74) is 0. The minimum atomic E-state index is 0.634. The summed E-state index contributed by atoms with van der Waals surface area (Å²) in [6, 6.07) is 0. The molecule has 0 fully saturated rings. The lowest BCUT2D eigenvalue weighted by atomic mass is 10.6. The smallest absolute Gasteiger partial charge is 0.138 e. The lowest BCUT2D eigenvalue weighted by molar-refractivity contribution is 0.686. The monoisotopic (exact) mass is 247 g/mol. The van der Waals surface area contributed by atoms with Gasteiger partial charge in [-0.1, -0.05) is 5.92 Å². The van der Waals surface area contributed by atoms with Crippen molar-refractivity contribution in [1.82, 2.24) is 14.8 Å². The fourth-order valence-corrected chi connectivity index (χ4v) is 0.752. The molecule has 0 aliphatic carbocycles. The van der Waals surface area contributed by atoms with E-state index in [1.54, 1.807) is 4.68 Å². The maximum Gasteiger partial charge on any atom is 0.138 e. The Labute approximate surface area is 73.0 Å². The van der Waals surface area contributed by atoms with Gasteiger partial charge < -0.3 is 0 Å². The Bertz CT molecular complexity index is 268. The fourth-order valence-electron chi connectivity index (χ4n) is 0.582. The summed E-state index contributed by atoms with van der Waals surface area (Å²) in [6.45, 7) is 2.54. The van der Waals surface area contributed by atoms with Crippen molar-refractivity contribution in [2.24, 2.45) is 0 Å². The Balaban J connectivity index is 2.71. The highest BCUT2D eigenvalue weighted by Gasteiger charge is 1.92. The summed E-state index contributed by atoms with van der Waals surface area (Å²) < 4.78 is 4.52. The molecule has 0 spiro atoms. The first-order valence-electron chi connectivity index (χ1n) is 2.77. The van der Waals surface area contributed by atoms with Gasteiger partial charge in [0.15, 0.2) is 0 Å². The predicted molar refractivity (Wildman–Crippen MR) is 46.6 cm³/mol. The molecular weight excluding hydrogens is 241 g/mol. The summed E-state index contributed by atoms with van der Waals surface area (Å²) in [4.78, 5) is 3.95. The van der Waals surface area contributed by atoms with Gasteiger partial charge in [0.1, 0.15) is 18.7 Å². The zero-order valence-corrected chi connectivity index (χ0v) is 7.66. The molecule has 1 aromatic rings. The van der Waals surface area contributed by atoms with Crippen molar-refractivity contribution in [3.63, 3.8) is 0 Å². The van der Waals surface area contributed by atoms with Gasteiger partial charge in [0.2, 0.25) is 0 Å². The minimum Gasteiger partial charge on any atom is -0.238 e. The molecule has 0 atom stereocenters. The number of aryl methyl sites for hydroxylation is 1. The Morgan fingerprint density at radius 2 is 2.60 bits per heavy atom. The second-order valence-electron chi connectivity index (χ2n) is 1.74. The van der Waals surface area contributed by atoms with E-state index in [9.17, 15) is 0 Å². The highest BCUT2D eigenvalue weighted by Crippen LogP contribution is 1.88. The Kier molecular flexibility index (Phi) is 2.68. The Morgan fingerprint density at radius 3 is 3.10 bits per heavy atom. The van der Waals surface area contributed by atoms with Crippen molar-refractivity contribution in [3.05, 3.63) is 12.2 Å². The van der Waals surface area contributed by atoms with Crippen LogP contribution in [0.5, 0.6) is 0 Å². The van der Waals surface area contributed by atoms with Gasteiger partial charge in [-0.15, -0.1) is 0 Å². The lowest BCUT2D eigenvalue weighted by Crippen LogP contribution is -1.99. The third-order valence-electron chi connectivity index (χ3n) is 1.10. The van der Waals surface area contributed by atoms with E-state index < -0.39 is 0 Å². The zero-order chi connectivity index (χ0) is 7.40. The number of rotatable bonds is 1. The summed E-state index contributed by atoms with van der Waals surface area (Å²) in [6.07, 6.45) is 1.53. The van der Waals surface area contributed by atoms with Gasteiger partial charge in [-0.25, -0.2) is 9.67 Å². The van der Waals surface area contributed by atoms with Crippen LogP contribution in [-0.4, -0.2) is 14.8 Å². The molecule has 0 saturated carbocycles. The minimum absolute atomic E-state index is 0.634. The molecular formula is C6H6IN3. The Hall–Kier alpha value is -0.570. The second kappa shape index (κ2) is 3.56. The largest absolute Gasteiger partial charge is 0.238 e. The van der Waals surface area contributed by atoms with Crippen molar-refractivity contribution in [2.75, 3.05) is 0 Å². The zero-order valence-electron chi connectivity index (χ0n) is 5.50. The molecule has 0 N–H and O–H groups in total. The van der Waals surface area contributed by atoms with E-state index in [1.807, 2.05) is 29.5 Å². The average Bonchev–Trinajstić information content (AvgIpc) is 2.31. The molecule has 0 radical (unpaired) electrons. The van der Waals surface area contributed by atoms with Crippen LogP contribution in [0.2, 0.25) is 0 Å². The molecule has 52 valence electrons. The molecule has 0 saturated heterocycles. The normalized spacial score (nSPS) is 8.60. The van der Waals surface area contributed by atoms with Crippen molar-refractivity contribution in [1.29, 1.82) is 0 Å². The van der Waals surface area contributed by atoms with E-state index in [1.165, 1.54) is 6.33 Å². The van der Waals surface area contributed by atoms with Crippen molar-refractivity contribution in [3.8, 4) is 9.85 Å². The van der Waals surface area contributed by atoms with Crippen molar-refractivity contribution >= 4 is 22.6 Å². The van der Waals surface area contributed by atoms with Gasteiger partial charge in [-0.05, 0) is 10.9 Å². The topological polar surface area (TPSA) is 30.7 Å². The van der Waals surface area contributed by atoms with Crippen LogP contribution < -0.4 is 0 Å². The van der Waals surface area contributed by atoms with E-state index in [2.05, 4.69) is 19.9 Å². The molecule has 1 rings (SSSR count). The number of nitrogens with zero attached hydrogens (tertiary/aromatic N) is 3. The summed E-state index contributed by atoms with van der Waals surface area (Å²) in [5.74, 6) is 3.79. The molecule has 0 unspecified atom stereocenters. The van der Waals surface area contributed by atoms with Gasteiger partial charge in [-0.3, -0.25) is 0 Å². The average molecular weight is 247 g/mol. The highest BCUT2D eigenvalue weighted by molar-refractivity contribution is 14.1. The first-order valence-corrected chi connectivity index (χ1v) is 3.85. The molecule has 0 amide bonds. The first-order chi connectivity index (χ1) is 4.84. The van der Waals surface area contributed by atoms with E-state index in [-0.39, 0.29) is 0 Å². The number of hydrogen-bond acceptors (Lipinski definition) is 2. The number of halogens is 1. The maximum atomic E-state index is 3.95. The van der Waals surface area contributed by atoms with Crippen LogP contribution in [0.4, 0.5) is 0 Å². The molecule has 1 aromatic heterocycles. The van der Waals surface area contributed by atoms with Crippen LogP contribution in [0, 0.1) is 16.8 Å². The van der Waals surface area contributed by atoms with E-state index in [4.69, 9.17) is 0 Å². The molecule has 1 heterocycles. The van der Waals surface area contributed by atoms with Gasteiger partial charge in [0, 0.05) is 22.6 Å². The molecule has 0 aromatic carbocycles. The van der Waals surface area contributed by atoms with E-state index in [0.29, 0.717) is 6.54 Å². The van der Waals surface area contributed by atoms with Gasteiger partial charge in [0.25, 0.3) is 0 Å². The first kappa shape index (κ1) is 7.54. The summed E-state index contributed by atoms with van der Waals surface area (Å²) in [7, 11) is 0. The molecule has 10 heavy (non-hydrogen) atoms. The third kappa shape index (κ3) is 1.70. The highest BCUT2D eigenvalue weighted by atomic mass is 127. The fraction of sp³-hybridized carbons (Fsp3) is 0.333. The van der Waals surface area contributed by atoms with Crippen LogP contribution in [0.15, 0.2) is 6.33 Å². The lowest BCUT2D eigenvalue weighted by Gasteiger charge is -1.92. The van der Waals surface area contributed by atoms with Crippen LogP contribution in [0.1, 0.15) is 5.82 Å². The van der Waals surface area contributed by atoms with Crippen LogP contribution >= 0.6 is 22.6 Å². The second-order valence-corrected chi connectivity index (χ2v) is 2.28. The Morgan fingerprint density at radius 1 is 1.80 bits per heavy atom. The van der Waals surface area contributed by atoms with Gasteiger partial charge >= 0.3 is 0 Å². The van der Waals surface area contributed by atoms with Crippen LogP contribution in [0.25, 0.3) is 0 Å². The van der Waals surface area contributed by atoms with Crippen LogP contribution in [0.3, 0.4) is 0 Å². The summed E-state index contributed by atoms with van der Waals surface area (Å²) >= 11 is 2.00. The third-order valence-corrected chi connectivity index (χ3v) is 1.49. The summed E-state index contributed by atoms with van der Waals surface area (Å²) in [5, 5.41) is 3.95. The number of aromatic nitrogens is 3. The SMILES string of the molecule is Cc1ncnn1CC#CI. The molecule has 0 bridgehead atoms. The van der Waals surface area contributed by atoms with E-state index in [0.717, 1.165) is 5.82 Å². The molecule has 0 aliphatic rings. The quantitative estimate of drug-likeness (QED) is 0.547. The molecule has 0 aliphatic heterocycles. The standard InChI is InChI=1S/C6H6IN3/c1-6-8-5-9-10(6)4-2-3-7/h5H,4H2,1H3. The predicted octanol–water partition coefficient (Wildman–Crippen LogP) is 0.982. The van der Waals surface area contributed by atoms with Gasteiger partial charge in [-0.2, -0.15) is 5.10 Å². The van der Waals surface area contributed by atoms with Crippen LogP contribution in [-0.2, 0) is 6.54 Å². The molecule has 3 nitrogen and oxygen atoms in total. The van der Waals surface area contributed by atoms with Crippen molar-refractivity contribution < 1.29 is 0 Å². The van der Waals surface area contributed by atoms with E-state index >= 15 is 0 Å². The maximum absolute atomic E-state index is 3.95. The van der Waals surface area contributed by atoms with Crippen molar-refractivity contribution in [2.45, 2.75) is 13.5 Å².